The van der Waals surface area contributed by atoms with Gasteiger partial charge in [-0.25, -0.2) is 5.48 Å². The van der Waals surface area contributed by atoms with E-state index >= 15 is 0 Å². The van der Waals surface area contributed by atoms with Crippen LogP contribution in [0.5, 0.6) is 0 Å². The van der Waals surface area contributed by atoms with E-state index in [0.717, 1.165) is 11.3 Å². The van der Waals surface area contributed by atoms with Crippen LogP contribution < -0.4 is 10.8 Å². The predicted octanol–water partition coefficient (Wildman–Crippen LogP) is 2.02. The Hall–Kier alpha value is -2.86. The van der Waals surface area contributed by atoms with Crippen LogP contribution in [0.2, 0.25) is 0 Å². The van der Waals surface area contributed by atoms with E-state index in [1.165, 1.54) is 0 Å². The maximum absolute atomic E-state index is 12.2. The summed E-state index contributed by atoms with van der Waals surface area (Å²) in [5.41, 5.74) is 3.92. The zero-order valence-electron chi connectivity index (χ0n) is 13.1. The van der Waals surface area contributed by atoms with Gasteiger partial charge < -0.3 is 10.2 Å². The quantitative estimate of drug-likeness (QED) is 0.580. The van der Waals surface area contributed by atoms with Gasteiger partial charge in [-0.15, -0.1) is 0 Å². The average molecular weight is 325 g/mol. The fourth-order valence-corrected chi connectivity index (χ4v) is 2.84. The van der Waals surface area contributed by atoms with Crippen molar-refractivity contribution >= 4 is 17.5 Å². The monoisotopic (exact) mass is 325 g/mol. The lowest BCUT2D eigenvalue weighted by Gasteiger charge is -2.18. The highest BCUT2D eigenvalue weighted by atomic mass is 16.5. The van der Waals surface area contributed by atoms with Crippen molar-refractivity contribution in [2.45, 2.75) is 19.0 Å². The first-order chi connectivity index (χ1) is 11.7. The summed E-state index contributed by atoms with van der Waals surface area (Å²) in [6.07, 6.45) is 0.450. The second kappa shape index (κ2) is 7.14. The van der Waals surface area contributed by atoms with Gasteiger partial charge in [-0.1, -0.05) is 30.3 Å². The van der Waals surface area contributed by atoms with Crippen molar-refractivity contribution in [2.75, 3.05) is 11.9 Å². The van der Waals surface area contributed by atoms with E-state index in [9.17, 15) is 9.59 Å². The van der Waals surface area contributed by atoms with Crippen LogP contribution >= 0.6 is 0 Å². The normalized spacial score (nSPS) is 17.0. The van der Waals surface area contributed by atoms with Gasteiger partial charge in [0.2, 0.25) is 5.91 Å². The number of likely N-dealkylation sites (tertiary alicyclic amines) is 1. The lowest BCUT2D eigenvalue weighted by molar-refractivity contribution is -0.128. The second-order valence-electron chi connectivity index (χ2n) is 5.82. The van der Waals surface area contributed by atoms with E-state index in [2.05, 4.69) is 5.32 Å². The third-order valence-corrected chi connectivity index (χ3v) is 4.05. The van der Waals surface area contributed by atoms with Crippen LogP contribution in [0.15, 0.2) is 54.6 Å². The number of anilines is 1. The van der Waals surface area contributed by atoms with E-state index < -0.39 is 5.91 Å². The first-order valence-electron chi connectivity index (χ1n) is 7.78. The lowest BCUT2D eigenvalue weighted by atomic mass is 10.1. The summed E-state index contributed by atoms with van der Waals surface area (Å²) >= 11 is 0. The fourth-order valence-electron chi connectivity index (χ4n) is 2.84. The van der Waals surface area contributed by atoms with Gasteiger partial charge in [-0.3, -0.25) is 14.8 Å². The number of nitrogens with zero attached hydrogens (tertiary/aromatic N) is 1. The maximum Gasteiger partial charge on any atom is 0.274 e. The molecule has 1 unspecified atom stereocenters. The number of hydrogen-bond acceptors (Lipinski definition) is 4. The summed E-state index contributed by atoms with van der Waals surface area (Å²) in [5.74, 6) is -0.417. The summed E-state index contributed by atoms with van der Waals surface area (Å²) in [5, 5.41) is 11.9. The molecule has 1 fully saturated rings. The summed E-state index contributed by atoms with van der Waals surface area (Å²) in [4.78, 5) is 25.3. The molecule has 0 radical (unpaired) electrons. The number of hydroxylamine groups is 1. The van der Waals surface area contributed by atoms with Crippen molar-refractivity contribution in [1.29, 1.82) is 0 Å². The molecule has 0 bridgehead atoms. The minimum absolute atomic E-state index is 0.0405. The number of benzene rings is 2. The van der Waals surface area contributed by atoms with Crippen LogP contribution in [-0.4, -0.2) is 34.5 Å². The molecule has 6 nitrogen and oxygen atoms in total. The minimum Gasteiger partial charge on any atom is -0.380 e. The molecule has 124 valence electrons. The van der Waals surface area contributed by atoms with Crippen molar-refractivity contribution in [1.82, 2.24) is 10.4 Å². The van der Waals surface area contributed by atoms with Crippen molar-refractivity contribution in [3.05, 3.63) is 65.7 Å². The molecule has 1 saturated heterocycles. The summed E-state index contributed by atoms with van der Waals surface area (Å²) in [6, 6.07) is 16.7. The molecule has 0 spiro atoms. The second-order valence-corrected chi connectivity index (χ2v) is 5.82. The highest BCUT2D eigenvalue weighted by molar-refractivity contribution is 5.93. The van der Waals surface area contributed by atoms with Gasteiger partial charge in [-0.2, -0.15) is 0 Å². The molecule has 6 heteroatoms. The third kappa shape index (κ3) is 3.72. The molecule has 1 aliphatic heterocycles. The first-order valence-corrected chi connectivity index (χ1v) is 7.78. The number of carbonyl (C=O) groups excluding carboxylic acids is 2. The topological polar surface area (TPSA) is 81.7 Å². The molecule has 3 N–H and O–H groups in total. The molecule has 2 amide bonds. The molecule has 1 aliphatic rings. The molecule has 0 saturated carbocycles. The highest BCUT2D eigenvalue weighted by Crippen LogP contribution is 2.19. The molecule has 24 heavy (non-hydrogen) atoms. The Balaban J connectivity index is 1.59. The van der Waals surface area contributed by atoms with Gasteiger partial charge in [0, 0.05) is 30.8 Å². The van der Waals surface area contributed by atoms with Crippen molar-refractivity contribution < 1.29 is 14.8 Å². The fraction of sp³-hybridized carbons (Fsp3) is 0.222. The highest BCUT2D eigenvalue weighted by Gasteiger charge is 2.29. The molecule has 0 aromatic heterocycles. The van der Waals surface area contributed by atoms with E-state index in [1.807, 2.05) is 35.2 Å². The standard InChI is InChI=1S/C18H19N3O3/c22-17-10-16(12-21(17)11-13-4-2-1-3-5-13)19-15-8-6-14(7-9-15)18(23)20-24/h1-9,16,19,24H,10-12H2,(H,20,23). The molecule has 1 atom stereocenters. The number of nitrogens with one attached hydrogen (secondary N) is 2. The Morgan fingerprint density at radius 3 is 2.50 bits per heavy atom. The summed E-state index contributed by atoms with van der Waals surface area (Å²) in [6.45, 7) is 1.26. The zero-order valence-corrected chi connectivity index (χ0v) is 13.1. The predicted molar refractivity (Wildman–Crippen MR) is 89.6 cm³/mol. The summed E-state index contributed by atoms with van der Waals surface area (Å²) in [7, 11) is 0. The van der Waals surface area contributed by atoms with Crippen molar-refractivity contribution in [2.24, 2.45) is 0 Å². The Labute approximate surface area is 140 Å². The molecule has 1 heterocycles. The Morgan fingerprint density at radius 2 is 1.83 bits per heavy atom. The Kier molecular flexibility index (Phi) is 4.77. The molecule has 3 rings (SSSR count). The van der Waals surface area contributed by atoms with Crippen LogP contribution in [0.1, 0.15) is 22.3 Å². The van der Waals surface area contributed by atoms with E-state index in [0.29, 0.717) is 25.1 Å². The molecular weight excluding hydrogens is 306 g/mol. The number of rotatable bonds is 5. The van der Waals surface area contributed by atoms with Gasteiger partial charge in [0.15, 0.2) is 0 Å². The molecule has 0 aliphatic carbocycles. The van der Waals surface area contributed by atoms with Crippen LogP contribution in [0.4, 0.5) is 5.69 Å². The average Bonchev–Trinajstić information content (AvgIpc) is 2.95. The Bertz CT molecular complexity index is 716. The lowest BCUT2D eigenvalue weighted by Crippen LogP contribution is -2.27. The van der Waals surface area contributed by atoms with Crippen LogP contribution in [0.3, 0.4) is 0 Å². The number of amides is 2. The number of hydrogen-bond donors (Lipinski definition) is 3. The van der Waals surface area contributed by atoms with E-state index in [4.69, 9.17) is 5.21 Å². The first kappa shape index (κ1) is 16.0. The zero-order chi connectivity index (χ0) is 16.9. The van der Waals surface area contributed by atoms with Gasteiger partial charge in [0.05, 0.1) is 6.04 Å². The van der Waals surface area contributed by atoms with Gasteiger partial charge >= 0.3 is 0 Å². The largest absolute Gasteiger partial charge is 0.380 e. The summed E-state index contributed by atoms with van der Waals surface area (Å²) < 4.78 is 0. The minimum atomic E-state index is -0.549. The third-order valence-electron chi connectivity index (χ3n) is 4.05. The van der Waals surface area contributed by atoms with Gasteiger partial charge in [-0.05, 0) is 29.8 Å². The SMILES string of the molecule is O=C(NO)c1ccc(NC2CC(=O)N(Cc3ccccc3)C2)cc1. The van der Waals surface area contributed by atoms with Crippen molar-refractivity contribution in [3.8, 4) is 0 Å². The van der Waals surface area contributed by atoms with E-state index in [-0.39, 0.29) is 11.9 Å². The molecule has 2 aromatic rings. The van der Waals surface area contributed by atoms with Crippen molar-refractivity contribution in [3.63, 3.8) is 0 Å². The van der Waals surface area contributed by atoms with Crippen LogP contribution in [0.25, 0.3) is 0 Å². The molecular formula is C18H19N3O3. The maximum atomic E-state index is 12.2. The van der Waals surface area contributed by atoms with Crippen LogP contribution in [0, 0.1) is 0 Å². The Morgan fingerprint density at radius 1 is 1.12 bits per heavy atom. The van der Waals surface area contributed by atoms with Gasteiger partial charge in [0.25, 0.3) is 5.91 Å². The van der Waals surface area contributed by atoms with Crippen LogP contribution in [-0.2, 0) is 11.3 Å². The molecule has 2 aromatic carbocycles. The van der Waals surface area contributed by atoms with E-state index in [1.54, 1.807) is 29.7 Å². The smallest absolute Gasteiger partial charge is 0.274 e. The number of carbonyl (C=O) groups is 2. The van der Waals surface area contributed by atoms with Gasteiger partial charge in [0.1, 0.15) is 0 Å².